The molecule has 0 heterocycles. The molecule has 1 atom stereocenters. The summed E-state index contributed by atoms with van der Waals surface area (Å²) in [4.78, 5) is 25.8. The summed E-state index contributed by atoms with van der Waals surface area (Å²) in [7, 11) is -4.20. The number of anilines is 1. The minimum absolute atomic E-state index is 0.0232. The average molecular weight is 499 g/mol. The Bertz CT molecular complexity index is 1310. The highest BCUT2D eigenvalue weighted by molar-refractivity contribution is 7.87. The van der Waals surface area contributed by atoms with Gasteiger partial charge in [0.15, 0.2) is 0 Å². The molecule has 0 spiro atoms. The summed E-state index contributed by atoms with van der Waals surface area (Å²) >= 11 is 0. The maximum absolute atomic E-state index is 14.3. The fraction of sp³-hybridized carbons (Fsp3) is 0.231. The molecule has 0 aliphatic rings. The molecule has 0 saturated carbocycles. The van der Waals surface area contributed by atoms with Crippen molar-refractivity contribution in [1.29, 1.82) is 0 Å². The van der Waals surface area contributed by atoms with Gasteiger partial charge in [0.05, 0.1) is 5.56 Å². The summed E-state index contributed by atoms with van der Waals surface area (Å²) in [6.45, 7) is 5.12. The van der Waals surface area contributed by atoms with Gasteiger partial charge in [0, 0.05) is 30.8 Å². The van der Waals surface area contributed by atoms with Crippen molar-refractivity contribution in [3.63, 3.8) is 0 Å². The summed E-state index contributed by atoms with van der Waals surface area (Å²) in [5.74, 6) is -1.33. The Morgan fingerprint density at radius 1 is 1.00 bits per heavy atom. The SMILES string of the molecule is CC[C@H](C)N(Cc1ccccc1OS(=O)(=O)c1ccc(NC(C)=O)cc1)C(=O)c1ccccc1F. The van der Waals surface area contributed by atoms with Crippen molar-refractivity contribution in [2.75, 3.05) is 5.32 Å². The van der Waals surface area contributed by atoms with Crippen molar-refractivity contribution in [2.45, 2.75) is 44.7 Å². The summed E-state index contributed by atoms with van der Waals surface area (Å²) in [5, 5.41) is 2.57. The molecule has 35 heavy (non-hydrogen) atoms. The zero-order valence-corrected chi connectivity index (χ0v) is 20.5. The number of carbonyl (C=O) groups is 2. The number of benzene rings is 3. The van der Waals surface area contributed by atoms with Crippen molar-refractivity contribution in [2.24, 2.45) is 0 Å². The van der Waals surface area contributed by atoms with E-state index in [2.05, 4.69) is 5.32 Å². The van der Waals surface area contributed by atoms with Crippen molar-refractivity contribution in [1.82, 2.24) is 4.90 Å². The van der Waals surface area contributed by atoms with Crippen LogP contribution in [-0.2, 0) is 21.5 Å². The molecule has 9 heteroatoms. The van der Waals surface area contributed by atoms with E-state index in [1.54, 1.807) is 24.3 Å². The highest BCUT2D eigenvalue weighted by Gasteiger charge is 2.25. The molecule has 7 nitrogen and oxygen atoms in total. The number of nitrogens with one attached hydrogen (secondary N) is 1. The minimum atomic E-state index is -4.20. The van der Waals surface area contributed by atoms with E-state index in [0.717, 1.165) is 0 Å². The number of halogens is 1. The minimum Gasteiger partial charge on any atom is -0.379 e. The Kier molecular flexibility index (Phi) is 8.24. The Balaban J connectivity index is 1.89. The van der Waals surface area contributed by atoms with Gasteiger partial charge in [-0.15, -0.1) is 0 Å². The van der Waals surface area contributed by atoms with Gasteiger partial charge in [-0.2, -0.15) is 8.42 Å². The standard InChI is InChI=1S/C26H27FN2O5S/c1-4-18(2)29(26(31)23-10-6-7-11-24(23)27)17-20-9-5-8-12-25(20)34-35(32,33)22-15-13-21(14-16-22)28-19(3)30/h5-16,18H,4,17H2,1-3H3,(H,28,30)/t18-/m0/s1. The van der Waals surface area contributed by atoms with E-state index in [0.29, 0.717) is 17.7 Å². The predicted octanol–water partition coefficient (Wildman–Crippen LogP) is 4.99. The molecule has 3 aromatic carbocycles. The van der Waals surface area contributed by atoms with Crippen molar-refractivity contribution < 1.29 is 26.6 Å². The van der Waals surface area contributed by atoms with Crippen LogP contribution >= 0.6 is 0 Å². The van der Waals surface area contributed by atoms with Crippen molar-refractivity contribution in [3.05, 3.63) is 89.7 Å². The average Bonchev–Trinajstić information content (AvgIpc) is 2.82. The first-order valence-corrected chi connectivity index (χ1v) is 12.5. The number of rotatable bonds is 9. The maximum atomic E-state index is 14.3. The smallest absolute Gasteiger partial charge is 0.339 e. The monoisotopic (exact) mass is 498 g/mol. The molecule has 1 N–H and O–H groups in total. The van der Waals surface area contributed by atoms with Crippen LogP contribution in [0.3, 0.4) is 0 Å². The summed E-state index contributed by atoms with van der Waals surface area (Å²) < 4.78 is 45.6. The molecule has 0 fully saturated rings. The van der Waals surface area contributed by atoms with Gasteiger partial charge >= 0.3 is 10.1 Å². The van der Waals surface area contributed by atoms with Gasteiger partial charge in [-0.1, -0.05) is 37.3 Å². The van der Waals surface area contributed by atoms with E-state index < -0.39 is 21.8 Å². The first kappa shape index (κ1) is 25.9. The quantitative estimate of drug-likeness (QED) is 0.420. The number of hydrogen-bond donors (Lipinski definition) is 1. The molecular weight excluding hydrogens is 471 g/mol. The highest BCUT2D eigenvalue weighted by atomic mass is 32.2. The van der Waals surface area contributed by atoms with E-state index in [-0.39, 0.29) is 34.7 Å². The van der Waals surface area contributed by atoms with E-state index in [9.17, 15) is 22.4 Å². The fourth-order valence-electron chi connectivity index (χ4n) is 3.41. The molecule has 0 unspecified atom stereocenters. The molecule has 3 aromatic rings. The molecule has 0 aliphatic carbocycles. The first-order valence-electron chi connectivity index (χ1n) is 11.1. The predicted molar refractivity (Wildman–Crippen MR) is 131 cm³/mol. The molecule has 0 bridgehead atoms. The molecule has 0 saturated heterocycles. The third-order valence-electron chi connectivity index (χ3n) is 5.46. The van der Waals surface area contributed by atoms with Crippen LogP contribution in [0.4, 0.5) is 10.1 Å². The largest absolute Gasteiger partial charge is 0.379 e. The van der Waals surface area contributed by atoms with Crippen molar-refractivity contribution >= 4 is 27.6 Å². The molecule has 0 aliphatic heterocycles. The molecule has 2 amide bonds. The second kappa shape index (κ2) is 11.1. The summed E-state index contributed by atoms with van der Waals surface area (Å²) in [6, 6.07) is 17.6. The zero-order valence-electron chi connectivity index (χ0n) is 19.7. The van der Waals surface area contributed by atoms with Crippen LogP contribution in [-0.4, -0.2) is 31.2 Å². The Morgan fingerprint density at radius 3 is 2.26 bits per heavy atom. The number of carbonyl (C=O) groups excluding carboxylic acids is 2. The highest BCUT2D eigenvalue weighted by Crippen LogP contribution is 2.27. The van der Waals surface area contributed by atoms with Gasteiger partial charge < -0.3 is 14.4 Å². The van der Waals surface area contributed by atoms with E-state index in [1.807, 2.05) is 13.8 Å². The second-order valence-electron chi connectivity index (χ2n) is 8.02. The van der Waals surface area contributed by atoms with Crippen LogP contribution in [0.25, 0.3) is 0 Å². The Hall–Kier alpha value is -3.72. The van der Waals surface area contributed by atoms with Gasteiger partial charge in [0.2, 0.25) is 5.91 Å². The number of hydrogen-bond acceptors (Lipinski definition) is 5. The molecule has 0 aromatic heterocycles. The number of amides is 2. The van der Waals surface area contributed by atoms with Crippen LogP contribution < -0.4 is 9.50 Å². The van der Waals surface area contributed by atoms with Crippen LogP contribution in [0.15, 0.2) is 77.7 Å². The van der Waals surface area contributed by atoms with Gasteiger partial charge in [-0.05, 0) is 55.8 Å². The van der Waals surface area contributed by atoms with Crippen LogP contribution in [0.5, 0.6) is 5.75 Å². The number of para-hydroxylation sites is 1. The van der Waals surface area contributed by atoms with E-state index in [1.165, 1.54) is 60.4 Å². The third kappa shape index (κ3) is 6.45. The van der Waals surface area contributed by atoms with Crippen LogP contribution in [0.2, 0.25) is 0 Å². The maximum Gasteiger partial charge on any atom is 0.339 e. The fourth-order valence-corrected chi connectivity index (χ4v) is 4.38. The van der Waals surface area contributed by atoms with Crippen molar-refractivity contribution in [3.8, 4) is 5.75 Å². The molecular formula is C26H27FN2O5S. The van der Waals surface area contributed by atoms with E-state index >= 15 is 0 Å². The molecule has 184 valence electrons. The lowest BCUT2D eigenvalue weighted by molar-refractivity contribution is -0.114. The topological polar surface area (TPSA) is 92.8 Å². The Morgan fingerprint density at radius 2 is 1.63 bits per heavy atom. The lowest BCUT2D eigenvalue weighted by Crippen LogP contribution is -2.38. The normalized spacial score (nSPS) is 12.0. The van der Waals surface area contributed by atoms with Gasteiger partial charge in [-0.25, -0.2) is 4.39 Å². The molecule has 3 rings (SSSR count). The lowest BCUT2D eigenvalue weighted by Gasteiger charge is -2.29. The lowest BCUT2D eigenvalue weighted by atomic mass is 10.1. The van der Waals surface area contributed by atoms with Gasteiger partial charge in [-0.3, -0.25) is 9.59 Å². The molecule has 0 radical (unpaired) electrons. The van der Waals surface area contributed by atoms with Gasteiger partial charge in [0.1, 0.15) is 16.5 Å². The number of nitrogens with zero attached hydrogens (tertiary/aromatic N) is 1. The van der Waals surface area contributed by atoms with Crippen LogP contribution in [0.1, 0.15) is 43.1 Å². The summed E-state index contributed by atoms with van der Waals surface area (Å²) in [5.41, 5.74) is 0.849. The summed E-state index contributed by atoms with van der Waals surface area (Å²) in [6.07, 6.45) is 0.613. The van der Waals surface area contributed by atoms with Crippen LogP contribution in [0, 0.1) is 5.82 Å². The third-order valence-corrected chi connectivity index (χ3v) is 6.71. The Labute approximate surface area is 204 Å². The first-order chi connectivity index (χ1) is 16.6. The van der Waals surface area contributed by atoms with Gasteiger partial charge in [0.25, 0.3) is 5.91 Å². The van der Waals surface area contributed by atoms with E-state index in [4.69, 9.17) is 4.18 Å². The zero-order chi connectivity index (χ0) is 25.6. The second-order valence-corrected chi connectivity index (χ2v) is 9.57.